The summed E-state index contributed by atoms with van der Waals surface area (Å²) in [5.74, 6) is 0.389. The first-order valence-electron chi connectivity index (χ1n) is 2.45. The minimum atomic E-state index is 0.389. The van der Waals surface area contributed by atoms with Gasteiger partial charge >= 0.3 is 7.69 Å². The van der Waals surface area contributed by atoms with Crippen molar-refractivity contribution in [1.29, 1.82) is 0 Å². The van der Waals surface area contributed by atoms with Crippen molar-refractivity contribution >= 4 is 7.69 Å². The van der Waals surface area contributed by atoms with Crippen molar-refractivity contribution < 1.29 is 9.68 Å². The van der Waals surface area contributed by atoms with Crippen LogP contribution in [0, 0.1) is 0 Å². The van der Waals surface area contributed by atoms with Gasteiger partial charge in [-0.3, -0.25) is 4.68 Å². The number of aromatic nitrogens is 2. The first-order valence-corrected chi connectivity index (χ1v) is 2.45. The maximum Gasteiger partial charge on any atom is 0.570 e. The molecule has 4 nitrogen and oxygen atoms in total. The van der Waals surface area contributed by atoms with Gasteiger partial charge in [0.15, 0.2) is 0 Å². The number of nitrogens with zero attached hydrogens (tertiary/aromatic N) is 2. The van der Waals surface area contributed by atoms with E-state index in [0.717, 1.165) is 0 Å². The third kappa shape index (κ3) is 1.46. The fraction of sp³-hybridized carbons (Fsp3) is 0.250. The molecule has 0 saturated heterocycles. The van der Waals surface area contributed by atoms with Crippen molar-refractivity contribution in [1.82, 2.24) is 9.78 Å². The van der Waals surface area contributed by atoms with Crippen LogP contribution < -0.4 is 4.65 Å². The molecule has 0 fully saturated rings. The molecule has 0 aliphatic heterocycles. The average Bonchev–Trinajstić information content (AvgIpc) is 2.17. The van der Waals surface area contributed by atoms with E-state index in [2.05, 4.69) is 9.75 Å². The van der Waals surface area contributed by atoms with Gasteiger partial charge in [0.25, 0.3) is 0 Å². The second kappa shape index (κ2) is 2.54. The predicted octanol–water partition coefficient (Wildman–Crippen LogP) is -0.675. The molecule has 0 amide bonds. The van der Waals surface area contributed by atoms with Gasteiger partial charge in [-0.15, -0.1) is 5.10 Å². The maximum absolute atomic E-state index is 8.13. The highest BCUT2D eigenvalue weighted by Crippen LogP contribution is 2.01. The zero-order chi connectivity index (χ0) is 6.69. The van der Waals surface area contributed by atoms with Crippen molar-refractivity contribution in [3.05, 3.63) is 12.3 Å². The van der Waals surface area contributed by atoms with E-state index < -0.39 is 0 Å². The van der Waals surface area contributed by atoms with E-state index >= 15 is 0 Å². The summed E-state index contributed by atoms with van der Waals surface area (Å²) in [6, 6.07) is 1.65. The molecule has 1 aromatic rings. The lowest BCUT2D eigenvalue weighted by Crippen LogP contribution is -2.00. The molecule has 1 N–H and O–H groups in total. The van der Waals surface area contributed by atoms with Crippen LogP contribution in [0.4, 0.5) is 0 Å². The summed E-state index contributed by atoms with van der Waals surface area (Å²) < 4.78 is 6.11. The van der Waals surface area contributed by atoms with Crippen molar-refractivity contribution in [2.45, 2.75) is 0 Å². The summed E-state index contributed by atoms with van der Waals surface area (Å²) in [4.78, 5) is 0. The third-order valence-corrected chi connectivity index (χ3v) is 0.863. The maximum atomic E-state index is 8.13. The second-order valence-electron chi connectivity index (χ2n) is 1.55. The van der Waals surface area contributed by atoms with Crippen LogP contribution in [0.25, 0.3) is 0 Å². The molecule has 0 bridgehead atoms. The lowest BCUT2D eigenvalue weighted by atomic mass is 10.4. The Morgan fingerprint density at radius 2 is 2.67 bits per heavy atom. The van der Waals surface area contributed by atoms with Gasteiger partial charge in [-0.2, -0.15) is 0 Å². The van der Waals surface area contributed by atoms with Gasteiger partial charge in [0.1, 0.15) is 0 Å². The van der Waals surface area contributed by atoms with Gasteiger partial charge in [-0.25, -0.2) is 0 Å². The van der Waals surface area contributed by atoms with Crippen LogP contribution in [0.2, 0.25) is 0 Å². The molecule has 0 unspecified atom stereocenters. The number of hydrogen-bond acceptors (Lipinski definition) is 3. The normalized spacial score (nSPS) is 9.11. The molecule has 1 radical (unpaired) electrons. The monoisotopic (exact) mass is 125 g/mol. The predicted molar refractivity (Wildman–Crippen MR) is 31.8 cm³/mol. The van der Waals surface area contributed by atoms with Gasteiger partial charge in [0.2, 0.25) is 5.88 Å². The van der Waals surface area contributed by atoms with E-state index in [1.807, 2.05) is 0 Å². The summed E-state index contributed by atoms with van der Waals surface area (Å²) in [5, 5.41) is 11.9. The zero-order valence-electron chi connectivity index (χ0n) is 4.98. The van der Waals surface area contributed by atoms with Crippen LogP contribution in [0.1, 0.15) is 0 Å². The van der Waals surface area contributed by atoms with Gasteiger partial charge < -0.3 is 9.68 Å². The highest BCUT2D eigenvalue weighted by atomic mass is 16.5. The number of rotatable bonds is 2. The molecule has 5 heteroatoms. The molecular weight excluding hydrogens is 119 g/mol. The average molecular weight is 125 g/mol. The van der Waals surface area contributed by atoms with E-state index in [0.29, 0.717) is 13.6 Å². The lowest BCUT2D eigenvalue weighted by molar-refractivity contribution is 0.438. The molecule has 0 aromatic carbocycles. The van der Waals surface area contributed by atoms with E-state index in [4.69, 9.17) is 5.02 Å². The van der Waals surface area contributed by atoms with Crippen molar-refractivity contribution in [3.63, 3.8) is 0 Å². The SMILES string of the molecule is Cn1ccc(O[B]O)n1. The Hall–Kier alpha value is -0.965. The van der Waals surface area contributed by atoms with Crippen LogP contribution in [0.5, 0.6) is 5.88 Å². The minimum absolute atomic E-state index is 0.389. The molecule has 1 aromatic heterocycles. The number of aryl methyl sites for hydroxylation is 1. The van der Waals surface area contributed by atoms with Crippen molar-refractivity contribution in [3.8, 4) is 5.88 Å². The van der Waals surface area contributed by atoms with Gasteiger partial charge in [-0.1, -0.05) is 0 Å². The largest absolute Gasteiger partial charge is 0.570 e. The quantitative estimate of drug-likeness (QED) is 0.533. The van der Waals surface area contributed by atoms with Crippen LogP contribution >= 0.6 is 0 Å². The first-order chi connectivity index (χ1) is 4.33. The minimum Gasteiger partial charge on any atom is -0.522 e. The molecule has 47 valence electrons. The van der Waals surface area contributed by atoms with Crippen LogP contribution in [0.3, 0.4) is 0 Å². The molecule has 9 heavy (non-hydrogen) atoms. The molecule has 0 saturated carbocycles. The Kier molecular flexibility index (Phi) is 1.74. The summed E-state index contributed by atoms with van der Waals surface area (Å²) >= 11 is 0. The Balaban J connectivity index is 2.61. The molecular formula is C4H6BN2O2. The molecule has 0 spiro atoms. The fourth-order valence-electron chi connectivity index (χ4n) is 0.511. The lowest BCUT2D eigenvalue weighted by Gasteiger charge is -1.91. The summed E-state index contributed by atoms with van der Waals surface area (Å²) in [6.45, 7) is 0. The summed E-state index contributed by atoms with van der Waals surface area (Å²) in [5.41, 5.74) is 0. The van der Waals surface area contributed by atoms with Crippen molar-refractivity contribution in [2.24, 2.45) is 7.05 Å². The highest BCUT2D eigenvalue weighted by Gasteiger charge is 1.94. The standard InChI is InChI=1S/C4H6BN2O2/c1-7-3-2-4(6-7)9-5-8/h2-3,8H,1H3. The zero-order valence-corrected chi connectivity index (χ0v) is 4.98. The molecule has 0 atom stereocenters. The van der Waals surface area contributed by atoms with Crippen LogP contribution in [-0.2, 0) is 7.05 Å². The second-order valence-corrected chi connectivity index (χ2v) is 1.55. The van der Waals surface area contributed by atoms with Crippen LogP contribution in [-0.4, -0.2) is 22.5 Å². The van der Waals surface area contributed by atoms with Gasteiger partial charge in [0, 0.05) is 19.3 Å². The Bertz CT molecular complexity index is 188. The van der Waals surface area contributed by atoms with Gasteiger partial charge in [0.05, 0.1) is 0 Å². The fourth-order valence-corrected chi connectivity index (χ4v) is 0.511. The van der Waals surface area contributed by atoms with E-state index in [1.165, 1.54) is 0 Å². The Morgan fingerprint density at radius 1 is 1.89 bits per heavy atom. The first kappa shape index (κ1) is 6.16. The van der Waals surface area contributed by atoms with Gasteiger partial charge in [-0.05, 0) is 0 Å². The number of hydrogen-bond donors (Lipinski definition) is 1. The molecule has 1 rings (SSSR count). The van der Waals surface area contributed by atoms with Crippen molar-refractivity contribution in [2.75, 3.05) is 0 Å². The molecule has 1 heterocycles. The topological polar surface area (TPSA) is 47.3 Å². The summed E-state index contributed by atoms with van der Waals surface area (Å²) in [7, 11) is 2.37. The summed E-state index contributed by atoms with van der Waals surface area (Å²) in [6.07, 6.45) is 1.72. The van der Waals surface area contributed by atoms with E-state index in [-0.39, 0.29) is 0 Å². The molecule has 0 aliphatic rings. The third-order valence-electron chi connectivity index (χ3n) is 0.863. The van der Waals surface area contributed by atoms with E-state index in [9.17, 15) is 0 Å². The van der Waals surface area contributed by atoms with E-state index in [1.54, 1.807) is 24.0 Å². The smallest absolute Gasteiger partial charge is 0.522 e. The Labute approximate surface area is 53.4 Å². The van der Waals surface area contributed by atoms with Crippen LogP contribution in [0.15, 0.2) is 12.3 Å². The highest BCUT2D eigenvalue weighted by molar-refractivity contribution is 6.17. The molecule has 0 aliphatic carbocycles. The Morgan fingerprint density at radius 3 is 3.11 bits per heavy atom.